The first kappa shape index (κ1) is 15.0. The van der Waals surface area contributed by atoms with E-state index < -0.39 is 0 Å². The molecule has 0 radical (unpaired) electrons. The maximum atomic E-state index is 6.03. The molecule has 0 fully saturated rings. The monoisotopic (exact) mass is 250 g/mol. The van der Waals surface area contributed by atoms with Crippen molar-refractivity contribution < 1.29 is 4.74 Å². The summed E-state index contributed by atoms with van der Waals surface area (Å²) in [5, 5.41) is 0. The van der Waals surface area contributed by atoms with Crippen molar-refractivity contribution in [2.24, 2.45) is 5.73 Å². The molecule has 1 aromatic carbocycles. The van der Waals surface area contributed by atoms with Crippen LogP contribution in [-0.4, -0.2) is 38.2 Å². The van der Waals surface area contributed by atoms with Crippen molar-refractivity contribution >= 4 is 0 Å². The zero-order chi connectivity index (χ0) is 13.7. The fourth-order valence-corrected chi connectivity index (χ4v) is 2.01. The number of ether oxygens (including phenoxy) is 1. The number of nitrogens with zero attached hydrogens (tertiary/aromatic N) is 1. The van der Waals surface area contributed by atoms with Gasteiger partial charge >= 0.3 is 0 Å². The molecule has 1 rings (SSSR count). The van der Waals surface area contributed by atoms with Gasteiger partial charge in [0.15, 0.2) is 0 Å². The number of rotatable bonds is 6. The van der Waals surface area contributed by atoms with Crippen LogP contribution in [0.2, 0.25) is 0 Å². The number of hydrogen-bond acceptors (Lipinski definition) is 3. The number of nitrogens with two attached hydrogens (primary N) is 1. The molecule has 1 aromatic rings. The SMILES string of the molecule is Cc1ccc(C)c(OCC(CCN)N(C)C)c1C. The highest BCUT2D eigenvalue weighted by molar-refractivity contribution is 5.44. The standard InChI is InChI=1S/C15H26N2O/c1-11-6-7-12(2)15(13(11)3)18-10-14(8-9-16)17(4)5/h6-7,14H,8-10,16H2,1-5H3. The summed E-state index contributed by atoms with van der Waals surface area (Å²) < 4.78 is 6.03. The number of hydrogen-bond donors (Lipinski definition) is 1. The summed E-state index contributed by atoms with van der Waals surface area (Å²) in [4.78, 5) is 2.17. The molecule has 0 spiro atoms. The third kappa shape index (κ3) is 3.72. The molecule has 0 aliphatic rings. The van der Waals surface area contributed by atoms with Crippen molar-refractivity contribution in [3.05, 3.63) is 28.8 Å². The average Bonchev–Trinajstić information content (AvgIpc) is 2.32. The van der Waals surface area contributed by atoms with Crippen LogP contribution in [0.15, 0.2) is 12.1 Å². The molecule has 3 heteroatoms. The molecule has 18 heavy (non-hydrogen) atoms. The van der Waals surface area contributed by atoms with Crippen molar-refractivity contribution in [1.29, 1.82) is 0 Å². The molecular weight excluding hydrogens is 224 g/mol. The summed E-state index contributed by atoms with van der Waals surface area (Å²) in [5.41, 5.74) is 9.35. The van der Waals surface area contributed by atoms with Crippen LogP contribution < -0.4 is 10.5 Å². The van der Waals surface area contributed by atoms with Gasteiger partial charge in [-0.3, -0.25) is 0 Å². The van der Waals surface area contributed by atoms with Crippen LogP contribution in [0.25, 0.3) is 0 Å². The second-order valence-electron chi connectivity index (χ2n) is 5.16. The van der Waals surface area contributed by atoms with Crippen molar-refractivity contribution in [3.8, 4) is 5.75 Å². The van der Waals surface area contributed by atoms with E-state index in [1.807, 2.05) is 0 Å². The quantitative estimate of drug-likeness (QED) is 0.841. The van der Waals surface area contributed by atoms with Gasteiger partial charge in [0.2, 0.25) is 0 Å². The first-order chi connectivity index (χ1) is 8.47. The molecule has 0 amide bonds. The van der Waals surface area contributed by atoms with Gasteiger partial charge in [-0.1, -0.05) is 12.1 Å². The van der Waals surface area contributed by atoms with Crippen LogP contribution in [0.5, 0.6) is 5.75 Å². The molecule has 1 atom stereocenters. The van der Waals surface area contributed by atoms with E-state index in [-0.39, 0.29) is 0 Å². The smallest absolute Gasteiger partial charge is 0.125 e. The lowest BCUT2D eigenvalue weighted by Crippen LogP contribution is -2.35. The Balaban J connectivity index is 2.76. The van der Waals surface area contributed by atoms with Gasteiger partial charge in [-0.25, -0.2) is 0 Å². The zero-order valence-corrected chi connectivity index (χ0v) is 12.3. The fourth-order valence-electron chi connectivity index (χ4n) is 2.01. The van der Waals surface area contributed by atoms with Crippen LogP contribution in [0.4, 0.5) is 0 Å². The Kier molecular flexibility index (Phi) is 5.63. The summed E-state index contributed by atoms with van der Waals surface area (Å²) in [5.74, 6) is 1.03. The van der Waals surface area contributed by atoms with Gasteiger partial charge in [0.05, 0.1) is 0 Å². The van der Waals surface area contributed by atoms with Gasteiger partial charge in [-0.15, -0.1) is 0 Å². The lowest BCUT2D eigenvalue weighted by Gasteiger charge is -2.25. The van der Waals surface area contributed by atoms with Crippen LogP contribution in [-0.2, 0) is 0 Å². The second-order valence-corrected chi connectivity index (χ2v) is 5.16. The summed E-state index contributed by atoms with van der Waals surface area (Å²) >= 11 is 0. The van der Waals surface area contributed by atoms with Gasteiger partial charge in [0.25, 0.3) is 0 Å². The van der Waals surface area contributed by atoms with E-state index in [1.54, 1.807) is 0 Å². The van der Waals surface area contributed by atoms with E-state index in [0.717, 1.165) is 12.2 Å². The van der Waals surface area contributed by atoms with E-state index in [4.69, 9.17) is 10.5 Å². The second kappa shape index (κ2) is 6.76. The van der Waals surface area contributed by atoms with Gasteiger partial charge in [-0.05, 0) is 64.5 Å². The predicted molar refractivity (Wildman–Crippen MR) is 77.3 cm³/mol. The van der Waals surface area contributed by atoms with Gasteiger partial charge in [0, 0.05) is 6.04 Å². The molecule has 0 saturated heterocycles. The highest BCUT2D eigenvalue weighted by atomic mass is 16.5. The van der Waals surface area contributed by atoms with Crippen molar-refractivity contribution in [2.45, 2.75) is 33.2 Å². The molecule has 0 aliphatic carbocycles. The molecule has 1 unspecified atom stereocenters. The van der Waals surface area contributed by atoms with Crippen molar-refractivity contribution in [1.82, 2.24) is 4.90 Å². The molecule has 0 saturated carbocycles. The summed E-state index contributed by atoms with van der Waals surface area (Å²) in [7, 11) is 4.14. The maximum absolute atomic E-state index is 6.03. The Labute approximate surface area is 111 Å². The minimum absolute atomic E-state index is 0.370. The first-order valence-corrected chi connectivity index (χ1v) is 6.53. The molecule has 0 aromatic heterocycles. The highest BCUT2D eigenvalue weighted by Crippen LogP contribution is 2.26. The van der Waals surface area contributed by atoms with E-state index in [9.17, 15) is 0 Å². The summed E-state index contributed by atoms with van der Waals surface area (Å²) in [6, 6.07) is 4.63. The van der Waals surface area contributed by atoms with Crippen LogP contribution in [0.1, 0.15) is 23.1 Å². The lowest BCUT2D eigenvalue weighted by atomic mass is 10.1. The van der Waals surface area contributed by atoms with Gasteiger partial charge < -0.3 is 15.4 Å². The Hall–Kier alpha value is -1.06. The lowest BCUT2D eigenvalue weighted by molar-refractivity contribution is 0.177. The minimum Gasteiger partial charge on any atom is -0.491 e. The van der Waals surface area contributed by atoms with Crippen molar-refractivity contribution in [3.63, 3.8) is 0 Å². The molecule has 0 aliphatic heterocycles. The molecule has 102 valence electrons. The molecule has 0 heterocycles. The maximum Gasteiger partial charge on any atom is 0.125 e. The number of likely N-dealkylation sites (N-methyl/N-ethyl adjacent to an activating group) is 1. The molecule has 3 nitrogen and oxygen atoms in total. The Bertz CT molecular complexity index is 388. The molecule has 2 N–H and O–H groups in total. The number of aryl methyl sites for hydroxylation is 2. The van der Waals surface area contributed by atoms with E-state index in [1.165, 1.54) is 16.7 Å². The number of benzene rings is 1. The molecule has 0 bridgehead atoms. The third-order valence-electron chi connectivity index (χ3n) is 3.52. The van der Waals surface area contributed by atoms with Crippen LogP contribution >= 0.6 is 0 Å². The van der Waals surface area contributed by atoms with Gasteiger partial charge in [-0.2, -0.15) is 0 Å². The summed E-state index contributed by atoms with van der Waals surface area (Å²) in [6.07, 6.45) is 0.955. The molecular formula is C15H26N2O. The Morgan fingerprint density at radius 3 is 2.33 bits per heavy atom. The average molecular weight is 250 g/mol. The topological polar surface area (TPSA) is 38.5 Å². The van der Waals surface area contributed by atoms with E-state index in [2.05, 4.69) is 51.9 Å². The van der Waals surface area contributed by atoms with Gasteiger partial charge in [0.1, 0.15) is 12.4 Å². The fraction of sp³-hybridized carbons (Fsp3) is 0.600. The van der Waals surface area contributed by atoms with E-state index in [0.29, 0.717) is 19.2 Å². The normalized spacial score (nSPS) is 12.8. The van der Waals surface area contributed by atoms with Crippen LogP contribution in [0.3, 0.4) is 0 Å². The largest absolute Gasteiger partial charge is 0.491 e. The minimum atomic E-state index is 0.370. The van der Waals surface area contributed by atoms with Crippen molar-refractivity contribution in [2.75, 3.05) is 27.2 Å². The highest BCUT2D eigenvalue weighted by Gasteiger charge is 2.13. The van der Waals surface area contributed by atoms with Crippen LogP contribution in [0, 0.1) is 20.8 Å². The predicted octanol–water partition coefficient (Wildman–Crippen LogP) is 2.27. The Morgan fingerprint density at radius 1 is 1.17 bits per heavy atom. The first-order valence-electron chi connectivity index (χ1n) is 6.53. The zero-order valence-electron chi connectivity index (χ0n) is 12.3. The third-order valence-corrected chi connectivity index (χ3v) is 3.52. The Morgan fingerprint density at radius 2 is 1.78 bits per heavy atom. The van der Waals surface area contributed by atoms with E-state index >= 15 is 0 Å². The summed E-state index contributed by atoms with van der Waals surface area (Å²) in [6.45, 7) is 7.71.